The van der Waals surface area contributed by atoms with E-state index >= 15 is 0 Å². The maximum atomic E-state index is 12.7. The van der Waals surface area contributed by atoms with Crippen LogP contribution in [0.25, 0.3) is 0 Å². The van der Waals surface area contributed by atoms with Gasteiger partial charge in [0.05, 0.1) is 6.21 Å². The van der Waals surface area contributed by atoms with Crippen LogP contribution in [0.1, 0.15) is 30.4 Å². The normalized spacial score (nSPS) is 15.0. The Labute approximate surface area is 188 Å². The Balaban J connectivity index is 1.38. The molecule has 2 heterocycles. The molecule has 0 spiro atoms. The molecule has 0 saturated carbocycles. The standard InChI is InChI=1S/C24H26N4O3S/c29-32(30,28-15-7-2-8-16-28)22-13-14-24(25-18-22)27-26-17-21-11-5-6-12-23(21)31-19-20-9-3-1-4-10-20/h1,3-6,9-14,17-18H,2,7-8,15-16,19H2,(H,25,27)/b26-17-. The number of nitrogens with one attached hydrogen (secondary N) is 1. The van der Waals surface area contributed by atoms with Crippen LogP contribution in [0.2, 0.25) is 0 Å². The zero-order valence-electron chi connectivity index (χ0n) is 17.7. The molecule has 3 aromatic rings. The summed E-state index contributed by atoms with van der Waals surface area (Å²) < 4.78 is 32.9. The summed E-state index contributed by atoms with van der Waals surface area (Å²) in [7, 11) is -3.49. The smallest absolute Gasteiger partial charge is 0.244 e. The van der Waals surface area contributed by atoms with Crippen LogP contribution in [0.4, 0.5) is 5.82 Å². The molecule has 1 N–H and O–H groups in total. The Hall–Kier alpha value is -3.23. The predicted octanol–water partition coefficient (Wildman–Crippen LogP) is 4.28. The van der Waals surface area contributed by atoms with Crippen LogP contribution in [-0.4, -0.2) is 37.0 Å². The summed E-state index contributed by atoms with van der Waals surface area (Å²) in [5, 5.41) is 4.23. The van der Waals surface area contributed by atoms with Crippen LogP contribution in [0.3, 0.4) is 0 Å². The summed E-state index contributed by atoms with van der Waals surface area (Å²) >= 11 is 0. The van der Waals surface area contributed by atoms with E-state index in [1.165, 1.54) is 10.5 Å². The van der Waals surface area contributed by atoms with Gasteiger partial charge in [0.15, 0.2) is 0 Å². The van der Waals surface area contributed by atoms with Crippen molar-refractivity contribution in [1.82, 2.24) is 9.29 Å². The molecule has 32 heavy (non-hydrogen) atoms. The molecule has 0 bridgehead atoms. The Morgan fingerprint density at radius 2 is 1.72 bits per heavy atom. The minimum atomic E-state index is -3.49. The van der Waals surface area contributed by atoms with Gasteiger partial charge in [0.25, 0.3) is 0 Å². The van der Waals surface area contributed by atoms with Crippen molar-refractivity contribution in [2.45, 2.75) is 30.8 Å². The number of hydrogen-bond acceptors (Lipinski definition) is 6. The quantitative estimate of drug-likeness (QED) is 0.409. The van der Waals surface area contributed by atoms with Crippen molar-refractivity contribution < 1.29 is 13.2 Å². The Kier molecular flexibility index (Phi) is 7.14. The van der Waals surface area contributed by atoms with Crippen molar-refractivity contribution in [1.29, 1.82) is 0 Å². The van der Waals surface area contributed by atoms with Crippen molar-refractivity contribution in [3.8, 4) is 5.75 Å². The van der Waals surface area contributed by atoms with Gasteiger partial charge in [-0.05, 0) is 42.7 Å². The number of piperidine rings is 1. The highest BCUT2D eigenvalue weighted by atomic mass is 32.2. The number of pyridine rings is 1. The first kappa shape index (κ1) is 22.0. The van der Waals surface area contributed by atoms with Gasteiger partial charge in [0.1, 0.15) is 23.1 Å². The maximum Gasteiger partial charge on any atom is 0.244 e. The van der Waals surface area contributed by atoms with E-state index in [4.69, 9.17) is 4.74 Å². The summed E-state index contributed by atoms with van der Waals surface area (Å²) in [5.74, 6) is 1.18. The summed E-state index contributed by atoms with van der Waals surface area (Å²) in [4.78, 5) is 4.41. The summed E-state index contributed by atoms with van der Waals surface area (Å²) in [5.41, 5.74) is 4.75. The van der Waals surface area contributed by atoms with Crippen LogP contribution < -0.4 is 10.2 Å². The van der Waals surface area contributed by atoms with E-state index in [9.17, 15) is 8.42 Å². The highest BCUT2D eigenvalue weighted by Crippen LogP contribution is 2.21. The number of benzene rings is 2. The second kappa shape index (κ2) is 10.4. The van der Waals surface area contributed by atoms with Crippen molar-refractivity contribution in [3.05, 3.63) is 84.1 Å². The lowest BCUT2D eigenvalue weighted by Crippen LogP contribution is -2.35. The van der Waals surface area contributed by atoms with Crippen LogP contribution in [0.5, 0.6) is 5.75 Å². The third kappa shape index (κ3) is 5.52. The lowest BCUT2D eigenvalue weighted by atomic mass is 10.2. The number of anilines is 1. The number of rotatable bonds is 8. The molecular weight excluding hydrogens is 424 g/mol. The Morgan fingerprint density at radius 3 is 2.47 bits per heavy atom. The zero-order chi connectivity index (χ0) is 22.2. The van der Waals surface area contributed by atoms with Gasteiger partial charge < -0.3 is 4.74 Å². The van der Waals surface area contributed by atoms with Gasteiger partial charge in [-0.25, -0.2) is 13.4 Å². The fraction of sp³-hybridized carbons (Fsp3) is 0.250. The van der Waals surface area contributed by atoms with Gasteiger partial charge >= 0.3 is 0 Å². The number of hydrazone groups is 1. The monoisotopic (exact) mass is 450 g/mol. The van der Waals surface area contributed by atoms with Gasteiger partial charge in [-0.15, -0.1) is 0 Å². The molecule has 1 aromatic heterocycles. The van der Waals surface area contributed by atoms with Crippen LogP contribution in [0, 0.1) is 0 Å². The van der Waals surface area contributed by atoms with Crippen LogP contribution in [-0.2, 0) is 16.6 Å². The SMILES string of the molecule is O=S(=O)(c1ccc(N/N=C\c2ccccc2OCc2ccccc2)nc1)N1CCCCC1. The van der Waals surface area contributed by atoms with E-state index in [0.29, 0.717) is 25.5 Å². The summed E-state index contributed by atoms with van der Waals surface area (Å²) in [6, 6.07) is 20.8. The second-order valence-corrected chi connectivity index (χ2v) is 9.46. The summed E-state index contributed by atoms with van der Waals surface area (Å²) in [6.45, 7) is 1.60. The van der Waals surface area contributed by atoms with Gasteiger partial charge in [-0.3, -0.25) is 5.43 Å². The molecule has 1 fully saturated rings. The third-order valence-electron chi connectivity index (χ3n) is 5.23. The van der Waals surface area contributed by atoms with Crippen molar-refractivity contribution in [2.24, 2.45) is 5.10 Å². The average molecular weight is 451 g/mol. The Morgan fingerprint density at radius 1 is 0.969 bits per heavy atom. The topological polar surface area (TPSA) is 83.9 Å². The molecule has 0 amide bonds. The van der Waals surface area contributed by atoms with Crippen molar-refractivity contribution >= 4 is 22.1 Å². The van der Waals surface area contributed by atoms with Gasteiger partial charge in [0, 0.05) is 24.8 Å². The van der Waals surface area contributed by atoms with Crippen molar-refractivity contribution in [2.75, 3.05) is 18.5 Å². The number of para-hydroxylation sites is 1. The largest absolute Gasteiger partial charge is 0.488 e. The number of ether oxygens (including phenoxy) is 1. The van der Waals surface area contributed by atoms with E-state index in [-0.39, 0.29) is 4.90 Å². The molecular formula is C24H26N4O3S. The van der Waals surface area contributed by atoms with E-state index in [1.807, 2.05) is 54.6 Å². The third-order valence-corrected chi connectivity index (χ3v) is 7.11. The number of hydrogen-bond donors (Lipinski definition) is 1. The van der Waals surface area contributed by atoms with Gasteiger partial charge in [-0.2, -0.15) is 9.41 Å². The molecule has 0 radical (unpaired) electrons. The molecule has 166 valence electrons. The van der Waals surface area contributed by atoms with Gasteiger partial charge in [-0.1, -0.05) is 48.9 Å². The molecule has 1 saturated heterocycles. The van der Waals surface area contributed by atoms with Crippen molar-refractivity contribution in [3.63, 3.8) is 0 Å². The fourth-order valence-corrected chi connectivity index (χ4v) is 4.94. The molecule has 2 aromatic carbocycles. The van der Waals surface area contributed by atoms with E-state index < -0.39 is 10.0 Å². The molecule has 1 aliphatic heterocycles. The van der Waals surface area contributed by atoms with Crippen LogP contribution in [0.15, 0.2) is 82.9 Å². The molecule has 4 rings (SSSR count). The predicted molar refractivity (Wildman–Crippen MR) is 125 cm³/mol. The fourth-order valence-electron chi connectivity index (χ4n) is 3.48. The van der Waals surface area contributed by atoms with Crippen LogP contribution >= 0.6 is 0 Å². The average Bonchev–Trinajstić information content (AvgIpc) is 2.85. The molecule has 8 heteroatoms. The van der Waals surface area contributed by atoms with E-state index in [2.05, 4.69) is 15.5 Å². The summed E-state index contributed by atoms with van der Waals surface area (Å²) in [6.07, 6.45) is 5.90. The first-order valence-corrected chi connectivity index (χ1v) is 12.1. The number of aromatic nitrogens is 1. The highest BCUT2D eigenvalue weighted by molar-refractivity contribution is 7.89. The van der Waals surface area contributed by atoms with E-state index in [1.54, 1.807) is 18.3 Å². The lowest BCUT2D eigenvalue weighted by Gasteiger charge is -2.25. The number of sulfonamides is 1. The van der Waals surface area contributed by atoms with E-state index in [0.717, 1.165) is 36.1 Å². The first-order valence-electron chi connectivity index (χ1n) is 10.6. The number of nitrogens with zero attached hydrogens (tertiary/aromatic N) is 3. The minimum absolute atomic E-state index is 0.202. The molecule has 0 unspecified atom stereocenters. The maximum absolute atomic E-state index is 12.7. The molecule has 0 aliphatic carbocycles. The molecule has 7 nitrogen and oxygen atoms in total. The zero-order valence-corrected chi connectivity index (χ0v) is 18.5. The molecule has 0 atom stereocenters. The lowest BCUT2D eigenvalue weighted by molar-refractivity contribution is 0.306. The Bertz CT molecular complexity index is 1140. The molecule has 1 aliphatic rings. The minimum Gasteiger partial charge on any atom is -0.488 e. The second-order valence-electron chi connectivity index (χ2n) is 7.53. The first-order chi connectivity index (χ1) is 15.6. The highest BCUT2D eigenvalue weighted by Gasteiger charge is 2.26. The van der Waals surface area contributed by atoms with Gasteiger partial charge in [0.2, 0.25) is 10.0 Å².